The molecule has 0 saturated carbocycles. The zero-order chi connectivity index (χ0) is 21.9. The smallest absolute Gasteiger partial charge is 0.204 e. The quantitative estimate of drug-likeness (QED) is 0.479. The molecule has 32 heavy (non-hydrogen) atoms. The number of nitrogens with one attached hydrogen (secondary N) is 1. The van der Waals surface area contributed by atoms with Gasteiger partial charge in [0.05, 0.1) is 31.5 Å². The molecule has 6 rings (SSSR count). The first-order valence-electron chi connectivity index (χ1n) is 10.3. The molecule has 0 radical (unpaired) electrons. The van der Waals surface area contributed by atoms with Crippen molar-refractivity contribution < 1.29 is 13.2 Å². The van der Waals surface area contributed by atoms with E-state index in [2.05, 4.69) is 20.2 Å². The Morgan fingerprint density at radius 3 is 2.91 bits per heavy atom. The summed E-state index contributed by atoms with van der Waals surface area (Å²) in [4.78, 5) is 11.3. The molecule has 4 aromatic rings. The van der Waals surface area contributed by atoms with Crippen LogP contribution in [0.3, 0.4) is 0 Å². The molecule has 9 heteroatoms. The van der Waals surface area contributed by atoms with Gasteiger partial charge < -0.3 is 15.0 Å². The molecule has 4 heterocycles. The molecule has 0 bridgehead atoms. The van der Waals surface area contributed by atoms with Gasteiger partial charge >= 0.3 is 0 Å². The highest BCUT2D eigenvalue weighted by atomic mass is 32.2. The van der Waals surface area contributed by atoms with Gasteiger partial charge in [0, 0.05) is 41.6 Å². The van der Waals surface area contributed by atoms with Gasteiger partial charge in [0.15, 0.2) is 0 Å². The highest BCUT2D eigenvalue weighted by Crippen LogP contribution is 2.39. The summed E-state index contributed by atoms with van der Waals surface area (Å²) in [5.74, 6) is 0.413. The zero-order valence-corrected chi connectivity index (χ0v) is 18.9. The Balaban J connectivity index is 1.39. The third kappa shape index (κ3) is 3.33. The summed E-state index contributed by atoms with van der Waals surface area (Å²) in [6.07, 6.45) is 2.59. The van der Waals surface area contributed by atoms with Gasteiger partial charge in [-0.3, -0.25) is 4.98 Å². The summed E-state index contributed by atoms with van der Waals surface area (Å²) in [5, 5.41) is 5.39. The van der Waals surface area contributed by atoms with Crippen LogP contribution in [0, 0.1) is 0 Å². The van der Waals surface area contributed by atoms with E-state index in [0.717, 1.165) is 46.5 Å². The van der Waals surface area contributed by atoms with E-state index < -0.39 is 9.84 Å². The Bertz CT molecular complexity index is 1510. The number of sulfone groups is 1. The van der Waals surface area contributed by atoms with Gasteiger partial charge in [-0.1, -0.05) is 0 Å². The lowest BCUT2D eigenvalue weighted by Crippen LogP contribution is -2.18. The predicted molar refractivity (Wildman–Crippen MR) is 127 cm³/mol. The molecule has 2 aliphatic heterocycles. The van der Waals surface area contributed by atoms with Crippen molar-refractivity contribution in [3.8, 4) is 0 Å². The van der Waals surface area contributed by atoms with Gasteiger partial charge in [0.1, 0.15) is 11.9 Å². The monoisotopic (exact) mass is 464 g/mol. The van der Waals surface area contributed by atoms with E-state index in [1.54, 1.807) is 23.6 Å². The van der Waals surface area contributed by atoms with E-state index in [4.69, 9.17) is 4.74 Å². The second-order valence-corrected chi connectivity index (χ2v) is 10.9. The van der Waals surface area contributed by atoms with Crippen molar-refractivity contribution >= 4 is 59.4 Å². The number of likely N-dealkylation sites (N-methyl/N-ethyl adjacent to an activating group) is 1. The minimum atomic E-state index is -3.58. The number of thiazole rings is 1. The molecule has 1 fully saturated rings. The van der Waals surface area contributed by atoms with Crippen molar-refractivity contribution in [3.63, 3.8) is 0 Å². The molecule has 2 aromatic heterocycles. The molecule has 1 N–H and O–H groups in total. The topological polar surface area (TPSA) is 84.4 Å². The number of hydrogen-bond donors (Lipinski definition) is 1. The van der Waals surface area contributed by atoms with Crippen molar-refractivity contribution in [2.45, 2.75) is 17.4 Å². The molecular formula is C23H20N4O3S2. The lowest BCUT2D eigenvalue weighted by atomic mass is 10.1. The Morgan fingerprint density at radius 2 is 2.06 bits per heavy atom. The number of likely N-dealkylation sites (tertiary alicyclic amines) is 1. The third-order valence-corrected chi connectivity index (χ3v) is 8.21. The second kappa shape index (κ2) is 7.26. The maximum atomic E-state index is 12.9. The normalized spacial score (nSPS) is 19.9. The van der Waals surface area contributed by atoms with E-state index >= 15 is 0 Å². The first kappa shape index (κ1) is 19.7. The number of hydrogen-bond acceptors (Lipinski definition) is 8. The first-order valence-corrected chi connectivity index (χ1v) is 12.7. The fraction of sp³-hybridized carbons (Fsp3) is 0.217. The summed E-state index contributed by atoms with van der Waals surface area (Å²) in [7, 11) is -1.54. The van der Waals surface area contributed by atoms with Crippen LogP contribution in [0.4, 0.5) is 11.4 Å². The number of fused-ring (bicyclic) bond motifs is 3. The van der Waals surface area contributed by atoms with E-state index in [9.17, 15) is 8.42 Å². The predicted octanol–water partition coefficient (Wildman–Crippen LogP) is 4.39. The Morgan fingerprint density at radius 1 is 1.16 bits per heavy atom. The Kier molecular flexibility index (Phi) is 4.46. The van der Waals surface area contributed by atoms with Gasteiger partial charge in [-0.15, -0.1) is 11.3 Å². The molecule has 2 aliphatic rings. The van der Waals surface area contributed by atoms with Crippen molar-refractivity contribution in [1.82, 2.24) is 14.9 Å². The average molecular weight is 465 g/mol. The average Bonchev–Trinajstić information content (AvgIpc) is 3.45. The lowest BCUT2D eigenvalue weighted by Gasteiger charge is -2.16. The number of benzene rings is 2. The van der Waals surface area contributed by atoms with Gasteiger partial charge in [-0.05, 0) is 49.9 Å². The standard InChI is InChI=1S/C23H20N4O3S2/c1-27-7-5-15(11-27)30-21-12-32(28,29)23-10-16-18(4-6-24-19(16)9-17(21)23)26-14-2-3-22-20(8-14)25-13-31-22/h2-4,6,8-10,12-13,15H,5,7,11H2,1H3,(H,24,26). The van der Waals surface area contributed by atoms with Crippen LogP contribution >= 0.6 is 11.3 Å². The van der Waals surface area contributed by atoms with E-state index in [0.29, 0.717) is 16.8 Å². The largest absolute Gasteiger partial charge is 0.488 e. The molecule has 0 amide bonds. The summed E-state index contributed by atoms with van der Waals surface area (Å²) in [6.45, 7) is 1.73. The van der Waals surface area contributed by atoms with Crippen LogP contribution in [0.2, 0.25) is 0 Å². The van der Waals surface area contributed by atoms with Crippen molar-refractivity contribution in [3.05, 3.63) is 59.1 Å². The van der Waals surface area contributed by atoms with Gasteiger partial charge in [-0.25, -0.2) is 13.4 Å². The van der Waals surface area contributed by atoms with Crippen LogP contribution < -0.4 is 5.32 Å². The van der Waals surface area contributed by atoms with Crippen LogP contribution in [0.25, 0.3) is 26.9 Å². The number of nitrogens with zero attached hydrogens (tertiary/aromatic N) is 3. The molecule has 0 spiro atoms. The van der Waals surface area contributed by atoms with Crippen LogP contribution in [0.5, 0.6) is 0 Å². The van der Waals surface area contributed by atoms with E-state index in [1.165, 1.54) is 5.41 Å². The van der Waals surface area contributed by atoms with Gasteiger partial charge in [0.25, 0.3) is 0 Å². The summed E-state index contributed by atoms with van der Waals surface area (Å²) in [6, 6.07) is 11.4. The molecule has 1 atom stereocenters. The van der Waals surface area contributed by atoms with Crippen molar-refractivity contribution in [2.24, 2.45) is 0 Å². The molecule has 0 aliphatic carbocycles. The van der Waals surface area contributed by atoms with Crippen LogP contribution in [0.15, 0.2) is 58.4 Å². The third-order valence-electron chi connectivity index (χ3n) is 5.93. The highest BCUT2D eigenvalue weighted by Gasteiger charge is 2.32. The molecule has 1 unspecified atom stereocenters. The minimum Gasteiger partial charge on any atom is -0.488 e. The highest BCUT2D eigenvalue weighted by molar-refractivity contribution is 7.95. The van der Waals surface area contributed by atoms with E-state index in [1.807, 2.05) is 42.9 Å². The number of anilines is 2. The van der Waals surface area contributed by atoms with Crippen molar-refractivity contribution in [1.29, 1.82) is 0 Å². The zero-order valence-electron chi connectivity index (χ0n) is 17.3. The van der Waals surface area contributed by atoms with Gasteiger partial charge in [-0.2, -0.15) is 0 Å². The van der Waals surface area contributed by atoms with Crippen molar-refractivity contribution in [2.75, 3.05) is 25.5 Å². The maximum Gasteiger partial charge on any atom is 0.204 e. The van der Waals surface area contributed by atoms with Gasteiger partial charge in [0.2, 0.25) is 9.84 Å². The Hall–Kier alpha value is -3.01. The van der Waals surface area contributed by atoms with Crippen LogP contribution in [-0.4, -0.2) is 49.5 Å². The summed E-state index contributed by atoms with van der Waals surface area (Å²) < 4.78 is 33.1. The van der Waals surface area contributed by atoms with Crippen LogP contribution in [-0.2, 0) is 14.6 Å². The number of aromatic nitrogens is 2. The molecular weight excluding hydrogens is 444 g/mol. The molecule has 162 valence electrons. The first-order chi connectivity index (χ1) is 15.5. The number of ether oxygens (including phenoxy) is 1. The molecule has 1 saturated heterocycles. The lowest BCUT2D eigenvalue weighted by molar-refractivity contribution is 0.174. The Labute approximate surface area is 189 Å². The minimum absolute atomic E-state index is 0.00955. The molecule has 7 nitrogen and oxygen atoms in total. The number of pyridine rings is 1. The number of rotatable bonds is 4. The van der Waals surface area contributed by atoms with E-state index in [-0.39, 0.29) is 11.0 Å². The SMILES string of the molecule is CN1CCC(OC2=CS(=O)(=O)c3cc4c(Nc5ccc6scnc6c5)ccnc4cc32)C1. The second-order valence-electron chi connectivity index (χ2n) is 8.20. The molecule has 2 aromatic carbocycles. The fourth-order valence-corrected chi connectivity index (χ4v) is 6.33. The summed E-state index contributed by atoms with van der Waals surface area (Å²) in [5.41, 5.74) is 5.70. The van der Waals surface area contributed by atoms with Crippen LogP contribution in [0.1, 0.15) is 12.0 Å². The maximum absolute atomic E-state index is 12.9. The fourth-order valence-electron chi connectivity index (χ4n) is 4.33. The summed E-state index contributed by atoms with van der Waals surface area (Å²) >= 11 is 1.59.